The highest BCUT2D eigenvalue weighted by Crippen LogP contribution is 2.47. The van der Waals surface area contributed by atoms with Gasteiger partial charge in [0.05, 0.1) is 28.4 Å². The molecule has 2 aliphatic heterocycles. The summed E-state index contributed by atoms with van der Waals surface area (Å²) in [6.07, 6.45) is 0.330. The molecule has 1 fully saturated rings. The van der Waals surface area contributed by atoms with Gasteiger partial charge in [-0.2, -0.15) is 0 Å². The number of nitrogens with zero attached hydrogens (tertiary/aromatic N) is 1. The van der Waals surface area contributed by atoms with Crippen molar-refractivity contribution in [3.05, 3.63) is 46.5 Å². The van der Waals surface area contributed by atoms with Gasteiger partial charge in [0.1, 0.15) is 12.3 Å². The van der Waals surface area contributed by atoms with Gasteiger partial charge < -0.3 is 14.7 Å². The van der Waals surface area contributed by atoms with E-state index in [4.69, 9.17) is 4.74 Å². The van der Waals surface area contributed by atoms with Crippen LogP contribution in [-0.2, 0) is 31.7 Å². The van der Waals surface area contributed by atoms with Crippen LogP contribution in [0.3, 0.4) is 0 Å². The first-order valence-electron chi connectivity index (χ1n) is 8.63. The summed E-state index contributed by atoms with van der Waals surface area (Å²) in [6, 6.07) is 8.89. The maximum atomic E-state index is 12.7. The van der Waals surface area contributed by atoms with Crippen molar-refractivity contribution in [1.82, 2.24) is 4.90 Å². The number of aliphatic hydroxyl groups is 1. The molecule has 3 rings (SSSR count). The van der Waals surface area contributed by atoms with Crippen LogP contribution in [-0.4, -0.2) is 43.5 Å². The SMILES string of the molecule is CCS(=O)C1=C(C(=O)OCc2ccccc2)N2C(=O)[C@H](C(C)(C)O)[C@@H]2C1. The first-order chi connectivity index (χ1) is 12.3. The Morgan fingerprint density at radius 2 is 2.00 bits per heavy atom. The second kappa shape index (κ2) is 6.96. The molecule has 1 unspecified atom stereocenters. The van der Waals surface area contributed by atoms with Crippen LogP contribution in [0.15, 0.2) is 40.9 Å². The largest absolute Gasteiger partial charge is 0.456 e. The fraction of sp³-hybridized carbons (Fsp3) is 0.474. The van der Waals surface area contributed by atoms with E-state index in [0.29, 0.717) is 17.1 Å². The Labute approximate surface area is 155 Å². The lowest BCUT2D eigenvalue weighted by Crippen LogP contribution is -2.65. The van der Waals surface area contributed by atoms with Crippen LogP contribution in [0.1, 0.15) is 32.8 Å². The molecule has 3 atom stereocenters. The molecule has 0 aromatic heterocycles. The second-order valence-corrected chi connectivity index (χ2v) is 8.84. The molecule has 1 saturated heterocycles. The van der Waals surface area contributed by atoms with Crippen molar-refractivity contribution >= 4 is 22.7 Å². The second-order valence-electron chi connectivity index (χ2n) is 7.08. The molecule has 6 nitrogen and oxygen atoms in total. The van der Waals surface area contributed by atoms with E-state index in [2.05, 4.69) is 0 Å². The van der Waals surface area contributed by atoms with Gasteiger partial charge >= 0.3 is 5.97 Å². The molecule has 2 heterocycles. The molecule has 2 aliphatic rings. The van der Waals surface area contributed by atoms with E-state index in [1.807, 2.05) is 30.3 Å². The van der Waals surface area contributed by atoms with E-state index in [0.717, 1.165) is 5.56 Å². The van der Waals surface area contributed by atoms with Crippen LogP contribution >= 0.6 is 0 Å². The number of β-lactam (4-membered cyclic amide) rings is 1. The number of amides is 1. The number of hydrogen-bond acceptors (Lipinski definition) is 5. The molecule has 0 radical (unpaired) electrons. The predicted octanol–water partition coefficient (Wildman–Crippen LogP) is 1.71. The van der Waals surface area contributed by atoms with Gasteiger partial charge in [-0.15, -0.1) is 0 Å². The number of benzene rings is 1. The fourth-order valence-corrected chi connectivity index (χ4v) is 4.71. The van der Waals surface area contributed by atoms with E-state index in [9.17, 15) is 18.9 Å². The monoisotopic (exact) mass is 377 g/mol. The number of fused-ring (bicyclic) bond motifs is 1. The Bertz CT molecular complexity index is 781. The standard InChI is InChI=1S/C19H23NO5S/c1-4-26(24)14-10-13-15(19(2,3)23)17(21)20(13)16(14)18(22)25-11-12-8-6-5-7-9-12/h5-9,13,15,23H,4,10-11H2,1-3H3/t13-,15+,26?/m0/s1. The van der Waals surface area contributed by atoms with Crippen LogP contribution in [0, 0.1) is 5.92 Å². The minimum atomic E-state index is -1.36. The number of esters is 1. The Kier molecular flexibility index (Phi) is 5.03. The van der Waals surface area contributed by atoms with Gasteiger partial charge in [0, 0.05) is 17.1 Å². The molecule has 0 saturated carbocycles. The molecule has 1 aromatic rings. The van der Waals surface area contributed by atoms with Crippen LogP contribution in [0.2, 0.25) is 0 Å². The topological polar surface area (TPSA) is 83.9 Å². The van der Waals surface area contributed by atoms with Gasteiger partial charge in [-0.3, -0.25) is 9.00 Å². The highest BCUT2D eigenvalue weighted by atomic mass is 32.2. The zero-order valence-corrected chi connectivity index (χ0v) is 15.9. The van der Waals surface area contributed by atoms with Crippen molar-refractivity contribution in [1.29, 1.82) is 0 Å². The van der Waals surface area contributed by atoms with Crippen molar-refractivity contribution in [3.8, 4) is 0 Å². The molecule has 1 amide bonds. The highest BCUT2D eigenvalue weighted by Gasteiger charge is 2.60. The van der Waals surface area contributed by atoms with Crippen LogP contribution in [0.25, 0.3) is 0 Å². The normalized spacial score (nSPS) is 23.5. The lowest BCUT2D eigenvalue weighted by molar-refractivity contribution is -0.170. The highest BCUT2D eigenvalue weighted by molar-refractivity contribution is 7.89. The van der Waals surface area contributed by atoms with E-state index in [1.165, 1.54) is 4.90 Å². The molecule has 1 N–H and O–H groups in total. The summed E-state index contributed by atoms with van der Waals surface area (Å²) in [5, 5.41) is 10.3. The van der Waals surface area contributed by atoms with Gasteiger partial charge in [-0.25, -0.2) is 4.79 Å². The lowest BCUT2D eigenvalue weighted by Gasteiger charge is -2.48. The minimum Gasteiger partial charge on any atom is -0.456 e. The molecule has 26 heavy (non-hydrogen) atoms. The van der Waals surface area contributed by atoms with Gasteiger partial charge in [0.2, 0.25) is 5.91 Å². The summed E-state index contributed by atoms with van der Waals surface area (Å²) in [4.78, 5) is 27.0. The van der Waals surface area contributed by atoms with Crippen molar-refractivity contribution in [2.45, 2.75) is 45.4 Å². The molecule has 0 spiro atoms. The maximum absolute atomic E-state index is 12.7. The smallest absolute Gasteiger partial charge is 0.356 e. The van der Waals surface area contributed by atoms with Gasteiger partial charge in [0.15, 0.2) is 0 Å². The summed E-state index contributed by atoms with van der Waals surface area (Å²) in [5.74, 6) is -1.22. The number of ether oxygens (including phenoxy) is 1. The first kappa shape index (κ1) is 18.8. The first-order valence-corrected chi connectivity index (χ1v) is 9.95. The van der Waals surface area contributed by atoms with Gasteiger partial charge in [0.25, 0.3) is 0 Å². The number of carbonyl (C=O) groups is 2. The third-order valence-corrected chi connectivity index (χ3v) is 6.26. The van der Waals surface area contributed by atoms with Crippen LogP contribution in [0.5, 0.6) is 0 Å². The van der Waals surface area contributed by atoms with E-state index >= 15 is 0 Å². The van der Waals surface area contributed by atoms with Gasteiger partial charge in [-0.1, -0.05) is 37.3 Å². The molecule has 140 valence electrons. The van der Waals surface area contributed by atoms with Crippen LogP contribution < -0.4 is 0 Å². The van der Waals surface area contributed by atoms with Gasteiger partial charge in [-0.05, 0) is 19.4 Å². The zero-order valence-electron chi connectivity index (χ0n) is 15.1. The maximum Gasteiger partial charge on any atom is 0.356 e. The molecule has 0 aliphatic carbocycles. The van der Waals surface area contributed by atoms with E-state index < -0.39 is 28.3 Å². The summed E-state index contributed by atoms with van der Waals surface area (Å²) in [6.45, 7) is 5.00. The molecule has 7 heteroatoms. The summed E-state index contributed by atoms with van der Waals surface area (Å²) in [7, 11) is -1.36. The number of hydrogen-bond donors (Lipinski definition) is 1. The Hall–Kier alpha value is -1.99. The average molecular weight is 377 g/mol. The lowest BCUT2D eigenvalue weighted by atomic mass is 9.76. The summed E-state index contributed by atoms with van der Waals surface area (Å²) in [5.41, 5.74) is -0.268. The third kappa shape index (κ3) is 3.21. The Balaban J connectivity index is 1.83. The van der Waals surface area contributed by atoms with Crippen molar-refractivity contribution in [2.75, 3.05) is 5.75 Å². The van der Waals surface area contributed by atoms with E-state index in [-0.39, 0.29) is 24.3 Å². The number of rotatable bonds is 6. The van der Waals surface area contributed by atoms with Crippen molar-refractivity contribution < 1.29 is 23.6 Å². The fourth-order valence-electron chi connectivity index (χ4n) is 3.60. The zero-order chi connectivity index (χ0) is 19.1. The van der Waals surface area contributed by atoms with Crippen molar-refractivity contribution in [3.63, 3.8) is 0 Å². The third-order valence-electron chi connectivity index (χ3n) is 4.82. The Morgan fingerprint density at radius 1 is 1.35 bits per heavy atom. The van der Waals surface area contributed by atoms with Crippen LogP contribution in [0.4, 0.5) is 0 Å². The molecular formula is C19H23NO5S. The summed E-state index contributed by atoms with van der Waals surface area (Å²) < 4.78 is 17.8. The summed E-state index contributed by atoms with van der Waals surface area (Å²) >= 11 is 0. The predicted molar refractivity (Wildman–Crippen MR) is 97.0 cm³/mol. The minimum absolute atomic E-state index is 0.0802. The molecule has 1 aromatic carbocycles. The Morgan fingerprint density at radius 3 is 2.58 bits per heavy atom. The van der Waals surface area contributed by atoms with Crippen molar-refractivity contribution in [2.24, 2.45) is 5.92 Å². The molecular weight excluding hydrogens is 354 g/mol. The quantitative estimate of drug-likeness (QED) is 0.603. The average Bonchev–Trinajstić information content (AvgIpc) is 2.93. The number of carbonyl (C=O) groups excluding carboxylic acids is 2. The molecule has 0 bridgehead atoms. The van der Waals surface area contributed by atoms with E-state index in [1.54, 1.807) is 20.8 Å².